The molecule has 0 aliphatic rings. The standard InChI is InChI=1S/C14H18O4S/c1-3-19-10-9-18-14-11(7-8-13(15)16)5-4-6-12(14)17-2/h4-8H,3,9-10H2,1-2H3,(H,15,16)/b8-7+. The Morgan fingerprint density at radius 1 is 1.47 bits per heavy atom. The highest BCUT2D eigenvalue weighted by molar-refractivity contribution is 7.99. The van der Waals surface area contributed by atoms with E-state index in [1.165, 1.54) is 6.08 Å². The van der Waals surface area contributed by atoms with Gasteiger partial charge in [-0.3, -0.25) is 0 Å². The second kappa shape index (κ2) is 8.48. The van der Waals surface area contributed by atoms with Crippen LogP contribution in [-0.2, 0) is 4.79 Å². The number of hydrogen-bond donors (Lipinski definition) is 1. The summed E-state index contributed by atoms with van der Waals surface area (Å²) in [4.78, 5) is 10.6. The number of rotatable bonds is 8. The number of carboxylic acids is 1. The fourth-order valence-electron chi connectivity index (χ4n) is 1.49. The lowest BCUT2D eigenvalue weighted by atomic mass is 10.1. The Balaban J connectivity index is 2.86. The lowest BCUT2D eigenvalue weighted by Gasteiger charge is -2.13. The van der Waals surface area contributed by atoms with Crippen LogP contribution in [0.3, 0.4) is 0 Å². The number of hydrogen-bond acceptors (Lipinski definition) is 4. The normalized spacial score (nSPS) is 10.6. The molecular formula is C14H18O4S. The highest BCUT2D eigenvalue weighted by Gasteiger charge is 2.08. The predicted octanol–water partition coefficient (Wildman–Crippen LogP) is 2.92. The summed E-state index contributed by atoms with van der Waals surface area (Å²) in [6, 6.07) is 5.39. The number of methoxy groups -OCH3 is 1. The zero-order valence-electron chi connectivity index (χ0n) is 11.1. The van der Waals surface area contributed by atoms with E-state index in [2.05, 4.69) is 6.92 Å². The first-order valence-electron chi connectivity index (χ1n) is 5.97. The molecule has 0 atom stereocenters. The third-order valence-corrected chi connectivity index (χ3v) is 3.18. The van der Waals surface area contributed by atoms with Gasteiger partial charge in [0, 0.05) is 17.4 Å². The van der Waals surface area contributed by atoms with Crippen molar-refractivity contribution in [3.63, 3.8) is 0 Å². The molecule has 0 unspecified atom stereocenters. The van der Waals surface area contributed by atoms with Crippen molar-refractivity contribution in [1.29, 1.82) is 0 Å². The summed E-state index contributed by atoms with van der Waals surface area (Å²) >= 11 is 1.79. The van der Waals surface area contributed by atoms with E-state index in [1.54, 1.807) is 37.1 Å². The van der Waals surface area contributed by atoms with Crippen molar-refractivity contribution < 1.29 is 19.4 Å². The van der Waals surface area contributed by atoms with E-state index < -0.39 is 5.97 Å². The first-order chi connectivity index (χ1) is 9.19. The SMILES string of the molecule is CCSCCOc1c(/C=C/C(=O)O)cccc1OC. The number of thioether (sulfide) groups is 1. The van der Waals surface area contributed by atoms with Gasteiger partial charge in [-0.1, -0.05) is 19.1 Å². The first kappa shape index (κ1) is 15.4. The van der Waals surface area contributed by atoms with Crippen molar-refractivity contribution in [3.05, 3.63) is 29.8 Å². The van der Waals surface area contributed by atoms with E-state index >= 15 is 0 Å². The van der Waals surface area contributed by atoms with Gasteiger partial charge in [-0.2, -0.15) is 11.8 Å². The lowest BCUT2D eigenvalue weighted by Crippen LogP contribution is -2.03. The van der Waals surface area contributed by atoms with E-state index in [1.807, 2.05) is 0 Å². The largest absolute Gasteiger partial charge is 0.493 e. The van der Waals surface area contributed by atoms with E-state index in [0.717, 1.165) is 17.6 Å². The van der Waals surface area contributed by atoms with Crippen molar-refractivity contribution >= 4 is 23.8 Å². The molecule has 1 rings (SSSR count). The molecule has 0 amide bonds. The van der Waals surface area contributed by atoms with Crippen molar-refractivity contribution in [2.24, 2.45) is 0 Å². The minimum Gasteiger partial charge on any atom is -0.493 e. The molecule has 0 aromatic heterocycles. The third kappa shape index (κ3) is 5.26. The van der Waals surface area contributed by atoms with Crippen LogP contribution in [0.5, 0.6) is 11.5 Å². The maximum absolute atomic E-state index is 10.6. The number of aliphatic carboxylic acids is 1. The molecule has 0 aliphatic heterocycles. The number of benzene rings is 1. The molecule has 0 bridgehead atoms. The monoisotopic (exact) mass is 282 g/mol. The van der Waals surface area contributed by atoms with Gasteiger partial charge >= 0.3 is 5.97 Å². The van der Waals surface area contributed by atoms with Gasteiger partial charge in [-0.15, -0.1) is 0 Å². The van der Waals surface area contributed by atoms with Crippen LogP contribution in [0.2, 0.25) is 0 Å². The van der Waals surface area contributed by atoms with Crippen molar-refractivity contribution in [1.82, 2.24) is 0 Å². The molecule has 0 aliphatic carbocycles. The smallest absolute Gasteiger partial charge is 0.328 e. The highest BCUT2D eigenvalue weighted by atomic mass is 32.2. The Kier molecular flexibility index (Phi) is 6.89. The molecule has 4 nitrogen and oxygen atoms in total. The van der Waals surface area contributed by atoms with Crippen LogP contribution in [-0.4, -0.2) is 36.3 Å². The third-order valence-electron chi connectivity index (χ3n) is 2.31. The summed E-state index contributed by atoms with van der Waals surface area (Å²) in [5, 5.41) is 8.68. The van der Waals surface area contributed by atoms with Gasteiger partial charge in [-0.05, 0) is 17.9 Å². The van der Waals surface area contributed by atoms with Gasteiger partial charge < -0.3 is 14.6 Å². The molecule has 1 aromatic carbocycles. The summed E-state index contributed by atoms with van der Waals surface area (Å²) in [5.41, 5.74) is 0.697. The van der Waals surface area contributed by atoms with Crippen LogP contribution >= 0.6 is 11.8 Å². The molecule has 0 saturated carbocycles. The Bertz CT molecular complexity index is 443. The molecule has 0 heterocycles. The van der Waals surface area contributed by atoms with Crippen LogP contribution in [0.15, 0.2) is 24.3 Å². The molecule has 1 N–H and O–H groups in total. The van der Waals surface area contributed by atoms with Crippen molar-refractivity contribution in [2.45, 2.75) is 6.92 Å². The zero-order valence-corrected chi connectivity index (χ0v) is 11.9. The zero-order chi connectivity index (χ0) is 14.1. The number of carbonyl (C=O) groups is 1. The molecule has 0 fully saturated rings. The molecule has 0 radical (unpaired) electrons. The summed E-state index contributed by atoms with van der Waals surface area (Å²) < 4.78 is 10.9. The van der Waals surface area contributed by atoms with Crippen LogP contribution < -0.4 is 9.47 Å². The minimum atomic E-state index is -0.990. The maximum atomic E-state index is 10.6. The maximum Gasteiger partial charge on any atom is 0.328 e. The average Bonchev–Trinajstić information content (AvgIpc) is 2.41. The molecule has 1 aromatic rings. The van der Waals surface area contributed by atoms with Gasteiger partial charge in [0.2, 0.25) is 0 Å². The fourth-order valence-corrected chi connectivity index (χ4v) is 1.98. The first-order valence-corrected chi connectivity index (χ1v) is 7.13. The van der Waals surface area contributed by atoms with Crippen LogP contribution in [0, 0.1) is 0 Å². The average molecular weight is 282 g/mol. The van der Waals surface area contributed by atoms with Crippen LogP contribution in [0.1, 0.15) is 12.5 Å². The molecule has 5 heteroatoms. The minimum absolute atomic E-state index is 0.562. The Morgan fingerprint density at radius 2 is 2.26 bits per heavy atom. The Hall–Kier alpha value is -1.62. The predicted molar refractivity (Wildman–Crippen MR) is 78.2 cm³/mol. The fraction of sp³-hybridized carbons (Fsp3) is 0.357. The molecular weight excluding hydrogens is 264 g/mol. The molecule has 0 spiro atoms. The second-order valence-corrected chi connectivity index (χ2v) is 4.99. The summed E-state index contributed by atoms with van der Waals surface area (Å²) in [7, 11) is 1.56. The lowest BCUT2D eigenvalue weighted by molar-refractivity contribution is -0.131. The highest BCUT2D eigenvalue weighted by Crippen LogP contribution is 2.32. The number of carboxylic acid groups (broad SMARTS) is 1. The van der Waals surface area contributed by atoms with Gasteiger partial charge in [-0.25, -0.2) is 4.79 Å². The van der Waals surface area contributed by atoms with Gasteiger partial charge in [0.1, 0.15) is 0 Å². The quantitative estimate of drug-likeness (QED) is 0.587. The Morgan fingerprint density at radius 3 is 2.89 bits per heavy atom. The van der Waals surface area contributed by atoms with Crippen LogP contribution in [0.4, 0.5) is 0 Å². The number of ether oxygens (including phenoxy) is 2. The van der Waals surface area contributed by atoms with E-state index in [4.69, 9.17) is 14.6 Å². The molecule has 19 heavy (non-hydrogen) atoms. The summed E-state index contributed by atoms with van der Waals surface area (Å²) in [5.74, 6) is 2.13. The Labute approximate surface area is 117 Å². The van der Waals surface area contributed by atoms with Gasteiger partial charge in [0.05, 0.1) is 13.7 Å². The van der Waals surface area contributed by atoms with Crippen LogP contribution in [0.25, 0.3) is 6.08 Å². The van der Waals surface area contributed by atoms with Gasteiger partial charge in [0.25, 0.3) is 0 Å². The molecule has 0 saturated heterocycles. The topological polar surface area (TPSA) is 55.8 Å². The van der Waals surface area contributed by atoms with Crippen molar-refractivity contribution in [2.75, 3.05) is 25.2 Å². The van der Waals surface area contributed by atoms with E-state index in [9.17, 15) is 4.79 Å². The number of para-hydroxylation sites is 1. The molecule has 104 valence electrons. The second-order valence-electron chi connectivity index (χ2n) is 3.60. The van der Waals surface area contributed by atoms with Gasteiger partial charge in [0.15, 0.2) is 11.5 Å². The summed E-state index contributed by atoms with van der Waals surface area (Å²) in [6.07, 6.45) is 2.59. The van der Waals surface area contributed by atoms with E-state index in [-0.39, 0.29) is 0 Å². The van der Waals surface area contributed by atoms with Crippen molar-refractivity contribution in [3.8, 4) is 11.5 Å². The van der Waals surface area contributed by atoms with E-state index in [0.29, 0.717) is 23.7 Å². The summed E-state index contributed by atoms with van der Waals surface area (Å²) in [6.45, 7) is 2.65.